The monoisotopic (exact) mass is 386 g/mol. The standard InChI is InChI=1S/C21H30N4O3/c1-14(2)13-25-16(4)19(15(3)24-25)9-10-20(27)22-11-12-23-21(28)17-5-7-18(26)8-6-17/h5-8,14,26H,9-13H2,1-4H3,(H,22,27)(H,23,28). The quantitative estimate of drug-likeness (QED) is 0.576. The average Bonchev–Trinajstić information content (AvgIpc) is 2.90. The molecular weight excluding hydrogens is 356 g/mol. The maximum atomic E-state index is 12.1. The lowest BCUT2D eigenvalue weighted by molar-refractivity contribution is -0.121. The zero-order chi connectivity index (χ0) is 20.7. The van der Waals surface area contributed by atoms with Crippen molar-refractivity contribution in [1.29, 1.82) is 0 Å². The van der Waals surface area contributed by atoms with E-state index in [1.165, 1.54) is 12.1 Å². The topological polar surface area (TPSA) is 96.3 Å². The summed E-state index contributed by atoms with van der Waals surface area (Å²) in [6.45, 7) is 9.93. The number of phenolic OH excluding ortho intramolecular Hbond substituents is 1. The SMILES string of the molecule is Cc1nn(CC(C)C)c(C)c1CCC(=O)NCCNC(=O)c1ccc(O)cc1. The summed E-state index contributed by atoms with van der Waals surface area (Å²) in [5.41, 5.74) is 3.71. The molecular formula is C21H30N4O3. The molecule has 0 bridgehead atoms. The Labute approximate surface area is 166 Å². The zero-order valence-electron chi connectivity index (χ0n) is 17.1. The summed E-state index contributed by atoms with van der Waals surface area (Å²) in [4.78, 5) is 24.0. The number of carbonyl (C=O) groups is 2. The molecule has 3 N–H and O–H groups in total. The van der Waals surface area contributed by atoms with E-state index in [1.54, 1.807) is 12.1 Å². The molecule has 1 aromatic heterocycles. The Kier molecular flexibility index (Phi) is 7.61. The summed E-state index contributed by atoms with van der Waals surface area (Å²) >= 11 is 0. The molecule has 0 spiro atoms. The maximum absolute atomic E-state index is 12.1. The van der Waals surface area contributed by atoms with Crippen LogP contribution in [0, 0.1) is 19.8 Å². The lowest BCUT2D eigenvalue weighted by atomic mass is 10.1. The Morgan fingerprint density at radius 3 is 2.39 bits per heavy atom. The number of aromatic hydroxyl groups is 1. The number of phenols is 1. The molecule has 152 valence electrons. The maximum Gasteiger partial charge on any atom is 0.251 e. The van der Waals surface area contributed by atoms with Gasteiger partial charge in [0.05, 0.1) is 5.69 Å². The van der Waals surface area contributed by atoms with Gasteiger partial charge >= 0.3 is 0 Å². The highest BCUT2D eigenvalue weighted by Crippen LogP contribution is 2.16. The number of benzene rings is 1. The number of nitrogens with one attached hydrogen (secondary N) is 2. The molecule has 7 heteroatoms. The molecule has 0 unspecified atom stereocenters. The number of amides is 2. The van der Waals surface area contributed by atoms with Crippen LogP contribution in [0.4, 0.5) is 0 Å². The van der Waals surface area contributed by atoms with E-state index in [1.807, 2.05) is 11.6 Å². The van der Waals surface area contributed by atoms with Gasteiger partial charge in [0.25, 0.3) is 5.91 Å². The Morgan fingerprint density at radius 2 is 1.75 bits per heavy atom. The molecule has 7 nitrogen and oxygen atoms in total. The third kappa shape index (κ3) is 6.11. The number of nitrogens with zero attached hydrogens (tertiary/aromatic N) is 2. The van der Waals surface area contributed by atoms with Gasteiger partial charge in [-0.15, -0.1) is 0 Å². The van der Waals surface area contributed by atoms with Gasteiger partial charge < -0.3 is 15.7 Å². The molecule has 0 fully saturated rings. The normalized spacial score (nSPS) is 10.9. The van der Waals surface area contributed by atoms with Crippen molar-refractivity contribution in [3.63, 3.8) is 0 Å². The van der Waals surface area contributed by atoms with Crippen molar-refractivity contribution in [1.82, 2.24) is 20.4 Å². The predicted octanol–water partition coefficient (Wildman–Crippen LogP) is 2.34. The van der Waals surface area contributed by atoms with E-state index in [9.17, 15) is 14.7 Å². The van der Waals surface area contributed by atoms with E-state index in [0.29, 0.717) is 37.4 Å². The second-order valence-corrected chi connectivity index (χ2v) is 7.38. The van der Waals surface area contributed by atoms with Crippen molar-refractivity contribution < 1.29 is 14.7 Å². The highest BCUT2D eigenvalue weighted by molar-refractivity contribution is 5.94. The fourth-order valence-electron chi connectivity index (χ4n) is 3.04. The Bertz CT molecular complexity index is 810. The molecule has 0 aliphatic carbocycles. The third-order valence-corrected chi connectivity index (χ3v) is 4.53. The third-order valence-electron chi connectivity index (χ3n) is 4.53. The van der Waals surface area contributed by atoms with Crippen LogP contribution in [-0.2, 0) is 17.8 Å². The predicted molar refractivity (Wildman–Crippen MR) is 108 cm³/mol. The molecule has 0 atom stereocenters. The minimum Gasteiger partial charge on any atom is -0.508 e. The highest BCUT2D eigenvalue weighted by atomic mass is 16.3. The first-order valence-corrected chi connectivity index (χ1v) is 9.64. The largest absolute Gasteiger partial charge is 0.508 e. The number of rotatable bonds is 9. The fourth-order valence-corrected chi connectivity index (χ4v) is 3.04. The van der Waals surface area contributed by atoms with Gasteiger partial charge in [-0.1, -0.05) is 13.8 Å². The van der Waals surface area contributed by atoms with Crippen LogP contribution in [0.1, 0.15) is 47.6 Å². The Hall–Kier alpha value is -2.83. The van der Waals surface area contributed by atoms with Crippen molar-refractivity contribution in [3.8, 4) is 5.75 Å². The summed E-state index contributed by atoms with van der Waals surface area (Å²) in [5.74, 6) is 0.349. The van der Waals surface area contributed by atoms with Crippen LogP contribution in [-0.4, -0.2) is 39.8 Å². The van der Waals surface area contributed by atoms with Crippen molar-refractivity contribution in [2.45, 2.75) is 47.1 Å². The van der Waals surface area contributed by atoms with Crippen molar-refractivity contribution in [2.24, 2.45) is 5.92 Å². The number of hydrogen-bond donors (Lipinski definition) is 3. The lowest BCUT2D eigenvalue weighted by Gasteiger charge is -2.09. The second kappa shape index (κ2) is 9.92. The van der Waals surface area contributed by atoms with Crippen LogP contribution in [0.25, 0.3) is 0 Å². The van der Waals surface area contributed by atoms with Gasteiger partial charge in [-0.25, -0.2) is 0 Å². The molecule has 2 amide bonds. The molecule has 0 aliphatic heterocycles. The van der Waals surface area contributed by atoms with Gasteiger partial charge in [0, 0.05) is 37.3 Å². The van der Waals surface area contributed by atoms with Gasteiger partial charge in [0.15, 0.2) is 0 Å². The Morgan fingerprint density at radius 1 is 1.11 bits per heavy atom. The van der Waals surface area contributed by atoms with Gasteiger partial charge in [-0.3, -0.25) is 14.3 Å². The molecule has 2 rings (SSSR count). The van der Waals surface area contributed by atoms with Crippen LogP contribution in [0.2, 0.25) is 0 Å². The molecule has 1 heterocycles. The van der Waals surface area contributed by atoms with Crippen molar-refractivity contribution >= 4 is 11.8 Å². The van der Waals surface area contributed by atoms with Crippen LogP contribution in [0.15, 0.2) is 24.3 Å². The van der Waals surface area contributed by atoms with E-state index in [-0.39, 0.29) is 17.6 Å². The summed E-state index contributed by atoms with van der Waals surface area (Å²) in [6, 6.07) is 6.02. The molecule has 0 aliphatic rings. The van der Waals surface area contributed by atoms with E-state index >= 15 is 0 Å². The van der Waals surface area contributed by atoms with Gasteiger partial charge in [-0.05, 0) is 56.0 Å². The minimum absolute atomic E-state index is 0.0470. The first-order valence-electron chi connectivity index (χ1n) is 9.64. The number of aromatic nitrogens is 2. The Balaban J connectivity index is 1.72. The van der Waals surface area contributed by atoms with Crippen LogP contribution in [0.5, 0.6) is 5.75 Å². The minimum atomic E-state index is -0.238. The van der Waals surface area contributed by atoms with Crippen molar-refractivity contribution in [3.05, 3.63) is 46.8 Å². The van der Waals surface area contributed by atoms with E-state index in [0.717, 1.165) is 23.5 Å². The van der Waals surface area contributed by atoms with Crippen LogP contribution in [0.3, 0.4) is 0 Å². The summed E-state index contributed by atoms with van der Waals surface area (Å²) < 4.78 is 2.02. The van der Waals surface area contributed by atoms with Gasteiger partial charge in [0.2, 0.25) is 5.91 Å². The van der Waals surface area contributed by atoms with Crippen LogP contribution >= 0.6 is 0 Å². The fraction of sp³-hybridized carbons (Fsp3) is 0.476. The van der Waals surface area contributed by atoms with E-state index in [2.05, 4.69) is 36.5 Å². The van der Waals surface area contributed by atoms with Gasteiger partial charge in [0.1, 0.15) is 5.75 Å². The average molecular weight is 386 g/mol. The summed E-state index contributed by atoms with van der Waals surface area (Å²) in [6.07, 6.45) is 1.04. The highest BCUT2D eigenvalue weighted by Gasteiger charge is 2.13. The smallest absolute Gasteiger partial charge is 0.251 e. The molecule has 0 saturated heterocycles. The first kappa shape index (κ1) is 21.5. The van der Waals surface area contributed by atoms with Crippen molar-refractivity contribution in [2.75, 3.05) is 13.1 Å². The number of hydrogen-bond acceptors (Lipinski definition) is 4. The van der Waals surface area contributed by atoms with Crippen LogP contribution < -0.4 is 10.6 Å². The lowest BCUT2D eigenvalue weighted by Crippen LogP contribution is -2.34. The molecule has 1 aromatic carbocycles. The molecule has 2 aromatic rings. The number of aryl methyl sites for hydroxylation is 1. The van der Waals surface area contributed by atoms with E-state index in [4.69, 9.17) is 0 Å². The molecule has 28 heavy (non-hydrogen) atoms. The number of carbonyl (C=O) groups excluding carboxylic acids is 2. The molecule has 0 saturated carbocycles. The second-order valence-electron chi connectivity index (χ2n) is 7.38. The van der Waals surface area contributed by atoms with Gasteiger partial charge in [-0.2, -0.15) is 5.10 Å². The first-order chi connectivity index (χ1) is 13.3. The van der Waals surface area contributed by atoms with E-state index < -0.39 is 0 Å². The molecule has 0 radical (unpaired) electrons. The summed E-state index contributed by atoms with van der Waals surface area (Å²) in [5, 5.41) is 19.4. The summed E-state index contributed by atoms with van der Waals surface area (Å²) in [7, 11) is 0. The zero-order valence-corrected chi connectivity index (χ0v) is 17.1.